The lowest BCUT2D eigenvalue weighted by atomic mass is 9.94. The van der Waals surface area contributed by atoms with Gasteiger partial charge in [-0.05, 0) is 49.6 Å². The van der Waals surface area contributed by atoms with Gasteiger partial charge >= 0.3 is 0 Å². The Balaban J connectivity index is 1.39. The molecular weight excluding hydrogens is 410 g/mol. The highest BCUT2D eigenvalue weighted by Gasteiger charge is 2.34. The van der Waals surface area contributed by atoms with Crippen LogP contribution in [0.4, 0.5) is 0 Å². The smallest absolute Gasteiger partial charge is 0.285 e. The van der Waals surface area contributed by atoms with E-state index < -0.39 is 10.0 Å². The van der Waals surface area contributed by atoms with Gasteiger partial charge in [-0.3, -0.25) is 4.79 Å². The molecule has 0 radical (unpaired) electrons. The largest absolute Gasteiger partial charge is 0.355 e. The summed E-state index contributed by atoms with van der Waals surface area (Å²) in [6.45, 7) is 3.12. The minimum Gasteiger partial charge on any atom is -0.355 e. The summed E-state index contributed by atoms with van der Waals surface area (Å²) in [5, 5.41) is 3.71. The molecule has 1 fully saturated rings. The van der Waals surface area contributed by atoms with Crippen molar-refractivity contribution in [3.63, 3.8) is 0 Å². The van der Waals surface area contributed by atoms with E-state index in [1.54, 1.807) is 24.3 Å². The van der Waals surface area contributed by atoms with Crippen molar-refractivity contribution < 1.29 is 13.2 Å². The molecule has 2 heterocycles. The molecule has 2 aliphatic rings. The van der Waals surface area contributed by atoms with Crippen molar-refractivity contribution in [2.45, 2.75) is 30.7 Å². The Morgan fingerprint density at radius 2 is 1.90 bits per heavy atom. The first-order chi connectivity index (χ1) is 13.8. The van der Waals surface area contributed by atoms with E-state index in [4.69, 9.17) is 11.6 Å². The molecule has 1 unspecified atom stereocenters. The van der Waals surface area contributed by atoms with Crippen molar-refractivity contribution in [2.24, 2.45) is 10.3 Å². The Labute approximate surface area is 175 Å². The first kappa shape index (κ1) is 19.9. The Morgan fingerprint density at radius 3 is 2.62 bits per heavy atom. The average Bonchev–Trinajstić information content (AvgIpc) is 2.99. The summed E-state index contributed by atoms with van der Waals surface area (Å²) in [6.07, 6.45) is 1.30. The zero-order valence-corrected chi connectivity index (χ0v) is 17.6. The molecule has 2 aromatic carbocycles. The predicted molar refractivity (Wildman–Crippen MR) is 112 cm³/mol. The molecule has 4 rings (SSSR count). The van der Waals surface area contributed by atoms with Crippen LogP contribution in [0.2, 0.25) is 5.02 Å². The van der Waals surface area contributed by atoms with E-state index in [0.29, 0.717) is 42.4 Å². The maximum absolute atomic E-state index is 12.7. The van der Waals surface area contributed by atoms with Crippen molar-refractivity contribution in [3.8, 4) is 0 Å². The number of amidine groups is 1. The third-order valence-corrected chi connectivity index (χ3v) is 7.05. The third-order valence-electron chi connectivity index (χ3n) is 5.49. The number of nitrogens with one attached hydrogen (secondary N) is 1. The highest BCUT2D eigenvalue weighted by Crippen LogP contribution is 2.30. The summed E-state index contributed by atoms with van der Waals surface area (Å²) in [6, 6.07) is 14.2. The summed E-state index contributed by atoms with van der Waals surface area (Å²) in [5.41, 5.74) is 1.61. The maximum Gasteiger partial charge on any atom is 0.285 e. The summed E-state index contributed by atoms with van der Waals surface area (Å²) < 4.78 is 28.5. The van der Waals surface area contributed by atoms with Gasteiger partial charge in [-0.25, -0.2) is 0 Å². The molecule has 0 spiro atoms. The van der Waals surface area contributed by atoms with Gasteiger partial charge < -0.3 is 10.2 Å². The number of carbonyl (C=O) groups excluding carboxylic acids is 1. The van der Waals surface area contributed by atoms with E-state index in [2.05, 4.69) is 9.71 Å². The zero-order chi connectivity index (χ0) is 20.6. The lowest BCUT2D eigenvalue weighted by molar-refractivity contribution is -0.126. The SMILES string of the molecule is CC(NC(=O)C1CCN(C2=NS(=O)(=O)c3ccccc32)CC1)c1cccc(Cl)c1. The van der Waals surface area contributed by atoms with Crippen molar-refractivity contribution in [1.29, 1.82) is 0 Å². The highest BCUT2D eigenvalue weighted by molar-refractivity contribution is 7.90. The molecule has 29 heavy (non-hydrogen) atoms. The third kappa shape index (κ3) is 4.02. The van der Waals surface area contributed by atoms with Crippen LogP contribution >= 0.6 is 11.6 Å². The molecule has 6 nitrogen and oxygen atoms in total. The van der Waals surface area contributed by atoms with Gasteiger partial charge in [-0.1, -0.05) is 35.9 Å². The van der Waals surface area contributed by atoms with Crippen molar-refractivity contribution >= 4 is 33.4 Å². The summed E-state index contributed by atoms with van der Waals surface area (Å²) in [4.78, 5) is 14.9. The fraction of sp³-hybridized carbons (Fsp3) is 0.333. The Hall–Kier alpha value is -2.38. The zero-order valence-electron chi connectivity index (χ0n) is 16.0. The molecule has 0 aromatic heterocycles. The number of carbonyl (C=O) groups is 1. The standard InChI is InChI=1S/C21H22ClN3O3S/c1-14(16-5-4-6-17(22)13-16)23-21(26)15-9-11-25(12-10-15)20-18-7-2-3-8-19(18)29(27,28)24-20/h2-8,13-15H,9-12H2,1H3,(H,23,26). The molecule has 0 saturated carbocycles. The van der Waals surface area contributed by atoms with Crippen LogP contribution in [0.5, 0.6) is 0 Å². The quantitative estimate of drug-likeness (QED) is 0.808. The molecule has 0 aliphatic carbocycles. The van der Waals surface area contributed by atoms with Crippen LogP contribution < -0.4 is 5.32 Å². The molecule has 1 N–H and O–H groups in total. The summed E-state index contributed by atoms with van der Waals surface area (Å²) in [5.74, 6) is 0.395. The second kappa shape index (κ2) is 7.80. The lowest BCUT2D eigenvalue weighted by Gasteiger charge is -2.33. The second-order valence-electron chi connectivity index (χ2n) is 7.43. The maximum atomic E-state index is 12.7. The van der Waals surface area contributed by atoms with Crippen molar-refractivity contribution in [2.75, 3.05) is 13.1 Å². The summed E-state index contributed by atoms with van der Waals surface area (Å²) >= 11 is 6.04. The predicted octanol–water partition coefficient (Wildman–Crippen LogP) is 3.38. The van der Waals surface area contributed by atoms with E-state index in [1.807, 2.05) is 36.1 Å². The normalized spacial score (nSPS) is 19.4. The number of likely N-dealkylation sites (tertiary alicyclic amines) is 1. The topological polar surface area (TPSA) is 78.8 Å². The van der Waals surface area contributed by atoms with E-state index in [-0.39, 0.29) is 22.8 Å². The first-order valence-corrected chi connectivity index (χ1v) is 11.4. The van der Waals surface area contributed by atoms with Crippen molar-refractivity contribution in [3.05, 3.63) is 64.7 Å². The lowest BCUT2D eigenvalue weighted by Crippen LogP contribution is -2.43. The molecule has 1 atom stereocenters. The minimum absolute atomic E-state index is 0.0125. The fourth-order valence-electron chi connectivity index (χ4n) is 3.86. The molecule has 0 bridgehead atoms. The molecule has 8 heteroatoms. The van der Waals surface area contributed by atoms with Crippen LogP contribution in [-0.2, 0) is 14.8 Å². The van der Waals surface area contributed by atoms with Gasteiger partial charge in [0.15, 0.2) is 5.84 Å². The second-order valence-corrected chi connectivity index (χ2v) is 9.44. The van der Waals surface area contributed by atoms with Gasteiger partial charge in [0.25, 0.3) is 10.0 Å². The van der Waals surface area contributed by atoms with E-state index in [9.17, 15) is 13.2 Å². The van der Waals surface area contributed by atoms with Crippen LogP contribution in [0, 0.1) is 5.92 Å². The van der Waals surface area contributed by atoms with Crippen LogP contribution in [0.15, 0.2) is 57.8 Å². The molecular formula is C21H22ClN3O3S. The van der Waals surface area contributed by atoms with Crippen LogP contribution in [0.25, 0.3) is 0 Å². The van der Waals surface area contributed by atoms with Crippen LogP contribution in [0.1, 0.15) is 36.9 Å². The number of rotatable bonds is 3. The van der Waals surface area contributed by atoms with Gasteiger partial charge in [0.05, 0.1) is 6.04 Å². The summed E-state index contributed by atoms with van der Waals surface area (Å²) in [7, 11) is -3.63. The van der Waals surface area contributed by atoms with E-state index in [0.717, 1.165) is 5.56 Å². The number of nitrogens with zero attached hydrogens (tertiary/aromatic N) is 2. The number of piperidine rings is 1. The van der Waals surface area contributed by atoms with Gasteiger partial charge in [-0.2, -0.15) is 8.42 Å². The monoisotopic (exact) mass is 431 g/mol. The number of sulfonamides is 1. The molecule has 2 aliphatic heterocycles. The number of benzene rings is 2. The first-order valence-electron chi connectivity index (χ1n) is 9.60. The molecule has 1 saturated heterocycles. The van der Waals surface area contributed by atoms with Crippen molar-refractivity contribution in [1.82, 2.24) is 10.2 Å². The van der Waals surface area contributed by atoms with E-state index in [1.165, 1.54) is 0 Å². The molecule has 2 aromatic rings. The van der Waals surface area contributed by atoms with Gasteiger partial charge in [0, 0.05) is 29.6 Å². The van der Waals surface area contributed by atoms with Crippen LogP contribution in [-0.4, -0.2) is 38.2 Å². The van der Waals surface area contributed by atoms with Crippen LogP contribution in [0.3, 0.4) is 0 Å². The molecule has 152 valence electrons. The number of hydrogen-bond donors (Lipinski definition) is 1. The minimum atomic E-state index is -3.63. The fourth-order valence-corrected chi connectivity index (χ4v) is 5.29. The number of hydrogen-bond acceptors (Lipinski definition) is 4. The van der Waals surface area contributed by atoms with Gasteiger partial charge in [0.2, 0.25) is 5.91 Å². The number of halogens is 1. The Morgan fingerprint density at radius 1 is 1.17 bits per heavy atom. The Kier molecular flexibility index (Phi) is 5.36. The number of amides is 1. The molecule has 1 amide bonds. The van der Waals surface area contributed by atoms with Gasteiger partial charge in [0.1, 0.15) is 4.90 Å². The average molecular weight is 432 g/mol. The highest BCUT2D eigenvalue weighted by atomic mass is 35.5. The Bertz CT molecular complexity index is 1080. The van der Waals surface area contributed by atoms with Gasteiger partial charge in [-0.15, -0.1) is 4.40 Å². The van der Waals surface area contributed by atoms with E-state index >= 15 is 0 Å². The number of fused-ring (bicyclic) bond motifs is 1.